The average molecular weight is 354 g/mol. The highest BCUT2D eigenvalue weighted by atomic mass is 79.9. The number of anilines is 1. The van der Waals surface area contributed by atoms with Crippen molar-refractivity contribution in [1.82, 2.24) is 0 Å². The van der Waals surface area contributed by atoms with Gasteiger partial charge >= 0.3 is 0 Å². The van der Waals surface area contributed by atoms with Crippen LogP contribution in [0.4, 0.5) is 5.69 Å². The standard InChI is InChI=1S/C15H17BrN2OS/c1-11-8-12(16)5-6-14(11)17-15(19)10-18(2)9-13-4-3-7-20-13/h3-8H,9-10H2,1-2H3,(H,17,19)/p+1. The smallest absolute Gasteiger partial charge is 0.279 e. The van der Waals surface area contributed by atoms with Crippen LogP contribution in [-0.4, -0.2) is 19.5 Å². The zero-order chi connectivity index (χ0) is 14.5. The molecular formula is C15H18BrN2OS+. The minimum Gasteiger partial charge on any atom is -0.325 e. The molecule has 5 heteroatoms. The number of rotatable bonds is 5. The molecule has 0 fully saturated rings. The molecule has 1 amide bonds. The molecule has 0 saturated heterocycles. The fraction of sp³-hybridized carbons (Fsp3) is 0.267. The van der Waals surface area contributed by atoms with Gasteiger partial charge in [-0.25, -0.2) is 0 Å². The molecular weight excluding hydrogens is 336 g/mol. The molecule has 0 aliphatic rings. The molecule has 0 bridgehead atoms. The number of carbonyl (C=O) groups excluding carboxylic acids is 1. The van der Waals surface area contributed by atoms with Crippen molar-refractivity contribution in [3.05, 3.63) is 50.6 Å². The summed E-state index contributed by atoms with van der Waals surface area (Å²) in [5.74, 6) is 0.0458. The molecule has 1 unspecified atom stereocenters. The van der Waals surface area contributed by atoms with Crippen LogP contribution in [0.3, 0.4) is 0 Å². The van der Waals surface area contributed by atoms with E-state index in [2.05, 4.69) is 32.7 Å². The number of nitrogens with one attached hydrogen (secondary N) is 2. The molecule has 0 aliphatic heterocycles. The van der Waals surface area contributed by atoms with E-state index in [-0.39, 0.29) is 5.91 Å². The van der Waals surface area contributed by atoms with Gasteiger partial charge in [-0.2, -0.15) is 0 Å². The monoisotopic (exact) mass is 353 g/mol. The van der Waals surface area contributed by atoms with E-state index in [0.717, 1.165) is 22.3 Å². The number of aryl methyl sites for hydroxylation is 1. The summed E-state index contributed by atoms with van der Waals surface area (Å²) in [6, 6.07) is 10.00. The Balaban J connectivity index is 1.88. The Hall–Kier alpha value is -1.17. The van der Waals surface area contributed by atoms with E-state index in [9.17, 15) is 4.79 Å². The zero-order valence-electron chi connectivity index (χ0n) is 11.6. The minimum atomic E-state index is 0.0458. The summed E-state index contributed by atoms with van der Waals surface area (Å²) >= 11 is 5.15. The summed E-state index contributed by atoms with van der Waals surface area (Å²) in [7, 11) is 2.04. The Morgan fingerprint density at radius 2 is 2.20 bits per heavy atom. The number of likely N-dealkylation sites (N-methyl/N-ethyl adjacent to an activating group) is 1. The molecule has 1 atom stereocenters. The normalized spacial score (nSPS) is 12.2. The van der Waals surface area contributed by atoms with Gasteiger partial charge in [-0.15, -0.1) is 11.3 Å². The van der Waals surface area contributed by atoms with Crippen LogP contribution in [0.5, 0.6) is 0 Å². The van der Waals surface area contributed by atoms with E-state index in [1.54, 1.807) is 11.3 Å². The van der Waals surface area contributed by atoms with Gasteiger partial charge in [0.25, 0.3) is 5.91 Å². The van der Waals surface area contributed by atoms with Crippen molar-refractivity contribution in [3.63, 3.8) is 0 Å². The molecule has 106 valence electrons. The van der Waals surface area contributed by atoms with E-state index in [1.165, 1.54) is 9.78 Å². The lowest BCUT2D eigenvalue weighted by molar-refractivity contribution is -0.884. The summed E-state index contributed by atoms with van der Waals surface area (Å²) in [4.78, 5) is 14.5. The van der Waals surface area contributed by atoms with Crippen molar-refractivity contribution >= 4 is 38.9 Å². The number of benzene rings is 1. The van der Waals surface area contributed by atoms with Gasteiger partial charge in [0.2, 0.25) is 0 Å². The third-order valence-electron chi connectivity index (χ3n) is 2.98. The third-order valence-corrected chi connectivity index (χ3v) is 4.35. The van der Waals surface area contributed by atoms with Gasteiger partial charge in [0.05, 0.1) is 11.9 Å². The molecule has 2 rings (SSSR count). The summed E-state index contributed by atoms with van der Waals surface area (Å²) in [5.41, 5.74) is 1.94. The number of thiophene rings is 1. The van der Waals surface area contributed by atoms with E-state index in [1.807, 2.05) is 38.2 Å². The number of carbonyl (C=O) groups is 1. The Morgan fingerprint density at radius 3 is 2.85 bits per heavy atom. The van der Waals surface area contributed by atoms with Crippen LogP contribution < -0.4 is 10.2 Å². The fourth-order valence-corrected chi connectivity index (χ4v) is 3.30. The molecule has 2 aromatic rings. The Kier molecular flexibility index (Phi) is 5.34. The van der Waals surface area contributed by atoms with Crippen molar-refractivity contribution in [3.8, 4) is 0 Å². The first kappa shape index (κ1) is 15.2. The minimum absolute atomic E-state index is 0.0458. The van der Waals surface area contributed by atoms with E-state index < -0.39 is 0 Å². The first-order valence-corrected chi connectivity index (χ1v) is 8.11. The first-order chi connectivity index (χ1) is 9.54. The molecule has 1 heterocycles. The van der Waals surface area contributed by atoms with Gasteiger partial charge in [-0.1, -0.05) is 22.0 Å². The quantitative estimate of drug-likeness (QED) is 0.850. The van der Waals surface area contributed by atoms with Gasteiger partial charge in [0, 0.05) is 10.2 Å². The molecule has 0 saturated carbocycles. The molecule has 1 aromatic carbocycles. The van der Waals surface area contributed by atoms with Crippen LogP contribution in [0, 0.1) is 6.92 Å². The Bertz CT molecular complexity index is 584. The van der Waals surface area contributed by atoms with Crippen LogP contribution in [0.25, 0.3) is 0 Å². The summed E-state index contributed by atoms with van der Waals surface area (Å²) in [6.45, 7) is 3.33. The second-order valence-electron chi connectivity index (χ2n) is 4.90. The maximum absolute atomic E-state index is 12.0. The van der Waals surface area contributed by atoms with Crippen LogP contribution in [-0.2, 0) is 11.3 Å². The lowest BCUT2D eigenvalue weighted by Crippen LogP contribution is -3.08. The van der Waals surface area contributed by atoms with Crippen LogP contribution in [0.15, 0.2) is 40.2 Å². The molecule has 2 N–H and O–H groups in total. The van der Waals surface area contributed by atoms with Gasteiger partial charge in [0.15, 0.2) is 6.54 Å². The largest absolute Gasteiger partial charge is 0.325 e. The molecule has 0 spiro atoms. The highest BCUT2D eigenvalue weighted by Crippen LogP contribution is 2.19. The molecule has 1 aromatic heterocycles. The second kappa shape index (κ2) is 7.02. The number of hydrogen-bond donors (Lipinski definition) is 2. The summed E-state index contributed by atoms with van der Waals surface area (Å²) < 4.78 is 1.02. The van der Waals surface area contributed by atoms with Crippen molar-refractivity contribution in [2.24, 2.45) is 0 Å². The topological polar surface area (TPSA) is 33.5 Å². The Morgan fingerprint density at radius 1 is 1.40 bits per heavy atom. The van der Waals surface area contributed by atoms with Crippen LogP contribution in [0.2, 0.25) is 0 Å². The van der Waals surface area contributed by atoms with E-state index >= 15 is 0 Å². The number of halogens is 1. The van der Waals surface area contributed by atoms with E-state index in [0.29, 0.717) is 6.54 Å². The lowest BCUT2D eigenvalue weighted by atomic mass is 10.2. The zero-order valence-corrected chi connectivity index (χ0v) is 14.0. The molecule has 0 aliphatic carbocycles. The predicted molar refractivity (Wildman–Crippen MR) is 87.3 cm³/mol. The SMILES string of the molecule is Cc1cc(Br)ccc1NC(=O)C[NH+](C)Cc1cccs1. The second-order valence-corrected chi connectivity index (χ2v) is 6.85. The first-order valence-electron chi connectivity index (χ1n) is 6.44. The summed E-state index contributed by atoms with van der Waals surface area (Å²) in [6.07, 6.45) is 0. The molecule has 0 radical (unpaired) electrons. The van der Waals surface area contributed by atoms with Crippen molar-refractivity contribution in [1.29, 1.82) is 0 Å². The van der Waals surface area contributed by atoms with Gasteiger partial charge in [-0.3, -0.25) is 4.79 Å². The predicted octanol–water partition coefficient (Wildman–Crippen LogP) is 2.47. The third kappa shape index (κ3) is 4.44. The van der Waals surface area contributed by atoms with Crippen LogP contribution in [0.1, 0.15) is 10.4 Å². The number of hydrogen-bond acceptors (Lipinski definition) is 2. The van der Waals surface area contributed by atoms with Crippen LogP contribution >= 0.6 is 27.3 Å². The highest BCUT2D eigenvalue weighted by Gasteiger charge is 2.12. The number of amides is 1. The van der Waals surface area contributed by atoms with Crippen molar-refractivity contribution in [2.45, 2.75) is 13.5 Å². The maximum atomic E-state index is 12.0. The maximum Gasteiger partial charge on any atom is 0.279 e. The number of quaternary nitrogens is 1. The summed E-state index contributed by atoms with van der Waals surface area (Å²) in [5, 5.41) is 5.03. The van der Waals surface area contributed by atoms with Gasteiger partial charge in [-0.05, 0) is 42.1 Å². The van der Waals surface area contributed by atoms with Crippen molar-refractivity contribution < 1.29 is 9.69 Å². The molecule has 3 nitrogen and oxygen atoms in total. The highest BCUT2D eigenvalue weighted by molar-refractivity contribution is 9.10. The van der Waals surface area contributed by atoms with Crippen molar-refractivity contribution in [2.75, 3.05) is 18.9 Å². The average Bonchev–Trinajstić information content (AvgIpc) is 2.85. The lowest BCUT2D eigenvalue weighted by Gasteiger charge is -2.14. The van der Waals surface area contributed by atoms with Gasteiger partial charge in [0.1, 0.15) is 6.54 Å². The molecule has 20 heavy (non-hydrogen) atoms. The fourth-order valence-electron chi connectivity index (χ4n) is 2.01. The van der Waals surface area contributed by atoms with Gasteiger partial charge < -0.3 is 10.2 Å². The Labute approximate surface area is 131 Å². The van der Waals surface area contributed by atoms with E-state index in [4.69, 9.17) is 0 Å².